The van der Waals surface area contributed by atoms with Crippen molar-refractivity contribution in [3.8, 4) is 33.6 Å². The minimum Gasteiger partial charge on any atom is -0.356 e. The first-order valence-electron chi connectivity index (χ1n) is 38.1. The van der Waals surface area contributed by atoms with Crippen LogP contribution in [-0.4, -0.2) is 9.13 Å². The molecule has 0 aliphatic heterocycles. The molecule has 0 atom stereocenters. The largest absolute Gasteiger partial charge is 0.356 e. The van der Waals surface area contributed by atoms with Crippen LogP contribution >= 0.6 is 15.9 Å². The zero-order valence-corrected chi connectivity index (χ0v) is 62.4. The molecule has 524 valence electrons. The average Bonchev–Trinajstić information content (AvgIpc) is 1.55. The summed E-state index contributed by atoms with van der Waals surface area (Å²) in [6.45, 7) is 0. The van der Waals surface area contributed by atoms with Crippen molar-refractivity contribution in [1.82, 2.24) is 9.13 Å². The Morgan fingerprint density at radius 1 is 0.225 bits per heavy atom. The fourth-order valence-electron chi connectivity index (χ4n) is 18.0. The maximum absolute atomic E-state index is 3.63. The minimum absolute atomic E-state index is 0.411. The first-order valence-corrected chi connectivity index (χ1v) is 38.9. The number of nitrogens with zero attached hydrogens (tertiary/aromatic N) is 3. The molecule has 0 bridgehead atoms. The summed E-state index contributed by atoms with van der Waals surface area (Å²) in [5.41, 5.74) is 27.2. The molecule has 0 fully saturated rings. The van der Waals surface area contributed by atoms with Gasteiger partial charge in [-0.25, -0.2) is 0 Å². The summed E-state index contributed by atoms with van der Waals surface area (Å²) in [5, 5.41) is 13.7. The van der Waals surface area contributed by atoms with Gasteiger partial charge in [-0.3, -0.25) is 0 Å². The Bertz CT molecular complexity index is 6760. The van der Waals surface area contributed by atoms with Gasteiger partial charge in [0.15, 0.2) is 0 Å². The third kappa shape index (κ3) is 11.3. The normalized spacial score (nSPS) is 12.7. The second-order valence-corrected chi connectivity index (χ2v) is 29.8. The lowest BCUT2D eigenvalue weighted by Crippen LogP contribution is -2.28. The Morgan fingerprint density at radius 3 is 1.05 bits per heavy atom. The molecule has 0 saturated heterocycles. The summed E-state index contributed by atoms with van der Waals surface area (Å²) < 4.78 is 5.82. The van der Waals surface area contributed by atoms with E-state index in [-0.39, 0.29) is 0 Å². The molecule has 1 N–H and O–H groups in total. The molecular weight excluding hydrogens is 1410 g/mol. The predicted octanol–water partition coefficient (Wildman–Crippen LogP) is 28.3. The van der Waals surface area contributed by atoms with E-state index in [0.717, 1.165) is 38.6 Å². The van der Waals surface area contributed by atoms with E-state index in [2.05, 4.69) is 460 Å². The number of para-hydroxylation sites is 6. The summed E-state index contributed by atoms with van der Waals surface area (Å²) >= 11 is 3.58. The second kappa shape index (κ2) is 28.1. The van der Waals surface area contributed by atoms with Gasteiger partial charge in [-0.2, -0.15) is 0 Å². The summed E-state index contributed by atoms with van der Waals surface area (Å²) in [4.78, 5) is 2.42. The number of rotatable bonds is 11. The van der Waals surface area contributed by atoms with Crippen molar-refractivity contribution in [2.45, 2.75) is 10.8 Å². The molecule has 0 radical (unpaired) electrons. The van der Waals surface area contributed by atoms with E-state index < -0.39 is 10.8 Å². The summed E-state index contributed by atoms with van der Waals surface area (Å²) in [5.74, 6) is 0. The van der Waals surface area contributed by atoms with Crippen molar-refractivity contribution in [2.24, 2.45) is 0 Å². The fraction of sp³-hybridized carbons (Fsp3) is 0.0189. The highest BCUT2D eigenvalue weighted by molar-refractivity contribution is 9.10. The zero-order chi connectivity index (χ0) is 73.8. The molecule has 22 rings (SSSR count). The van der Waals surface area contributed by atoms with E-state index >= 15 is 0 Å². The topological polar surface area (TPSA) is 25.1 Å². The number of nitrogens with one attached hydrogen (secondary N) is 1. The number of halogens is 1. The number of benzene rings is 18. The van der Waals surface area contributed by atoms with Gasteiger partial charge in [-0.15, -0.1) is 0 Å². The lowest BCUT2D eigenvalue weighted by atomic mass is 9.67. The van der Waals surface area contributed by atoms with Crippen LogP contribution in [0.4, 0.5) is 28.4 Å². The average molecular weight is 1480 g/mol. The van der Waals surface area contributed by atoms with Gasteiger partial charge in [0.1, 0.15) is 0 Å². The zero-order valence-electron chi connectivity index (χ0n) is 60.8. The van der Waals surface area contributed by atoms with Gasteiger partial charge in [-0.1, -0.05) is 319 Å². The molecule has 4 nitrogen and oxygen atoms in total. The van der Waals surface area contributed by atoms with Crippen molar-refractivity contribution in [3.63, 3.8) is 0 Å². The van der Waals surface area contributed by atoms with Gasteiger partial charge in [0.2, 0.25) is 0 Å². The van der Waals surface area contributed by atoms with E-state index in [0.29, 0.717) is 0 Å². The second-order valence-electron chi connectivity index (χ2n) is 28.8. The van der Waals surface area contributed by atoms with Crippen LogP contribution in [0.15, 0.2) is 441 Å². The van der Waals surface area contributed by atoms with Crippen LogP contribution in [0, 0.1) is 0 Å². The summed E-state index contributed by atoms with van der Waals surface area (Å²) in [7, 11) is 0. The SMILES string of the molecule is Brc1ccc2c3ccccc3n(-c3ccccc3)c2c1.c1ccc(N(c2ccc3c(c2)C(c2ccccc2)(c2ccccc2)c2cc4ccccc4cc2-3)c2ccc3c4ccccc4n(-c4ccccc4)c3c2)cc1.c1ccc(Nc2ccc3c(c2)C(c2ccccc2)(c2ccccc2)c2cc4ccccc4cc2-3)cc1. The minimum atomic E-state index is -0.528. The third-order valence-electron chi connectivity index (χ3n) is 22.7. The number of anilines is 5. The lowest BCUT2D eigenvalue weighted by molar-refractivity contribution is 0.769. The molecule has 5 heteroatoms. The molecule has 0 amide bonds. The molecule has 2 aliphatic carbocycles. The lowest BCUT2D eigenvalue weighted by Gasteiger charge is -2.35. The Balaban J connectivity index is 0.000000122. The van der Waals surface area contributed by atoms with Gasteiger partial charge in [0.05, 0.1) is 32.9 Å². The van der Waals surface area contributed by atoms with Gasteiger partial charge in [0.25, 0.3) is 0 Å². The Hall–Kier alpha value is -13.8. The molecule has 2 heterocycles. The molecular formula is C106H73BrN4. The molecule has 0 spiro atoms. The molecule has 20 aromatic rings. The van der Waals surface area contributed by atoms with Gasteiger partial charge in [0, 0.05) is 65.8 Å². The Labute approximate surface area is 654 Å². The van der Waals surface area contributed by atoms with Crippen LogP contribution < -0.4 is 10.2 Å². The maximum atomic E-state index is 3.63. The fourth-order valence-corrected chi connectivity index (χ4v) is 18.4. The van der Waals surface area contributed by atoms with Crippen LogP contribution in [0.25, 0.3) is 98.8 Å². The van der Waals surface area contributed by atoms with Gasteiger partial charge >= 0.3 is 0 Å². The van der Waals surface area contributed by atoms with Gasteiger partial charge in [-0.05, 0) is 222 Å². The number of fused-ring (bicyclic) bond motifs is 14. The molecule has 2 aliphatic rings. The molecule has 18 aromatic carbocycles. The van der Waals surface area contributed by atoms with Gasteiger partial charge < -0.3 is 19.4 Å². The first kappa shape index (κ1) is 66.6. The van der Waals surface area contributed by atoms with Crippen molar-refractivity contribution in [2.75, 3.05) is 10.2 Å². The Morgan fingerprint density at radius 2 is 0.568 bits per heavy atom. The highest BCUT2D eigenvalue weighted by Crippen LogP contribution is 2.60. The number of hydrogen-bond donors (Lipinski definition) is 1. The highest BCUT2D eigenvalue weighted by atomic mass is 79.9. The van der Waals surface area contributed by atoms with Crippen LogP contribution in [0.5, 0.6) is 0 Å². The number of aromatic nitrogens is 2. The summed E-state index contributed by atoms with van der Waals surface area (Å²) in [6, 6.07) is 158. The monoisotopic (exact) mass is 1480 g/mol. The quantitative estimate of drug-likeness (QED) is 0.140. The van der Waals surface area contributed by atoms with Crippen molar-refractivity contribution < 1.29 is 0 Å². The van der Waals surface area contributed by atoms with Crippen molar-refractivity contribution >= 4 is 110 Å². The van der Waals surface area contributed by atoms with Crippen LogP contribution in [0.2, 0.25) is 0 Å². The Kier molecular flexibility index (Phi) is 16.8. The van der Waals surface area contributed by atoms with Crippen molar-refractivity contribution in [1.29, 1.82) is 0 Å². The predicted molar refractivity (Wildman–Crippen MR) is 470 cm³/mol. The van der Waals surface area contributed by atoms with E-state index in [9.17, 15) is 0 Å². The van der Waals surface area contributed by atoms with E-state index in [4.69, 9.17) is 0 Å². The van der Waals surface area contributed by atoms with E-state index in [1.54, 1.807) is 0 Å². The van der Waals surface area contributed by atoms with E-state index in [1.165, 1.54) is 138 Å². The highest BCUT2D eigenvalue weighted by Gasteiger charge is 2.48. The molecule has 0 saturated carbocycles. The molecule has 2 aromatic heterocycles. The van der Waals surface area contributed by atoms with E-state index in [1.807, 2.05) is 12.1 Å². The standard InChI is InChI=1S/C53H36N2.C35H25N.C18H12BrN/c1-5-19-39(20-6-1)53(40-21-7-2-8-22-40)49-34-38-18-14-13-17-37(38)33-48(49)45-31-29-43(35-50(45)53)54(41-23-9-3-10-24-41)44-30-32-47-46-27-15-16-28-51(46)55(52(47)36-44)42-25-11-4-12-26-42;1-4-14-27(15-5-1)35(28-16-6-2-7-17-28)33-23-26-13-11-10-12-25(26)22-32(33)31-21-20-30(24-34(31)35)36-29-18-8-3-9-19-29;19-13-10-11-16-15-8-4-5-9-17(15)20(18(16)12-13)14-6-2-1-3-7-14/h1-36H;1-24,36H;1-12H. The van der Waals surface area contributed by atoms with Crippen LogP contribution in [0.1, 0.15) is 44.5 Å². The van der Waals surface area contributed by atoms with Crippen LogP contribution in [-0.2, 0) is 10.8 Å². The number of hydrogen-bond acceptors (Lipinski definition) is 2. The molecule has 0 unspecified atom stereocenters. The molecule has 111 heavy (non-hydrogen) atoms. The van der Waals surface area contributed by atoms with Crippen molar-refractivity contribution in [3.05, 3.63) is 486 Å². The maximum Gasteiger partial charge on any atom is 0.0714 e. The first-order chi connectivity index (χ1) is 55.0. The third-order valence-corrected chi connectivity index (χ3v) is 23.2. The van der Waals surface area contributed by atoms with Crippen LogP contribution in [0.3, 0.4) is 0 Å². The summed E-state index contributed by atoms with van der Waals surface area (Å²) in [6.07, 6.45) is 0. The smallest absolute Gasteiger partial charge is 0.0714 e.